The Hall–Kier alpha value is -0.930. The second-order valence-electron chi connectivity index (χ2n) is 6.73. The van der Waals surface area contributed by atoms with E-state index in [1.54, 1.807) is 0 Å². The second-order valence-corrected chi connectivity index (χ2v) is 6.73. The van der Waals surface area contributed by atoms with E-state index in [1.165, 1.54) is 17.7 Å². The second kappa shape index (κ2) is 9.16. The summed E-state index contributed by atoms with van der Waals surface area (Å²) in [6.07, 6.45) is 3.04. The van der Waals surface area contributed by atoms with E-state index in [1.807, 2.05) is 12.1 Å². The third kappa shape index (κ3) is 8.84. The summed E-state index contributed by atoms with van der Waals surface area (Å²) in [6, 6.07) is 6.84. The number of ether oxygens (including phenoxy) is 1. The summed E-state index contributed by atoms with van der Waals surface area (Å²) < 4.78 is 18.6. The van der Waals surface area contributed by atoms with Crippen LogP contribution >= 0.6 is 0 Å². The first-order valence-electron chi connectivity index (χ1n) is 7.98. The zero-order valence-electron chi connectivity index (χ0n) is 13.9. The van der Waals surface area contributed by atoms with Crippen LogP contribution in [0.15, 0.2) is 24.3 Å². The van der Waals surface area contributed by atoms with Gasteiger partial charge in [0.1, 0.15) is 5.82 Å². The summed E-state index contributed by atoms with van der Waals surface area (Å²) in [4.78, 5) is 0. The lowest BCUT2D eigenvalue weighted by molar-refractivity contribution is 0.119. The van der Waals surface area contributed by atoms with Crippen molar-refractivity contribution >= 4 is 0 Å². The van der Waals surface area contributed by atoms with Crippen molar-refractivity contribution in [3.8, 4) is 0 Å². The first-order valence-corrected chi connectivity index (χ1v) is 7.98. The van der Waals surface area contributed by atoms with Crippen LogP contribution in [0, 0.1) is 11.7 Å². The van der Waals surface area contributed by atoms with Crippen molar-refractivity contribution in [1.29, 1.82) is 0 Å². The van der Waals surface area contributed by atoms with Gasteiger partial charge in [-0.25, -0.2) is 4.39 Å². The number of hydrogen-bond donors (Lipinski definition) is 1. The number of rotatable bonds is 9. The van der Waals surface area contributed by atoms with Crippen LogP contribution in [0.4, 0.5) is 4.39 Å². The van der Waals surface area contributed by atoms with Gasteiger partial charge in [0.2, 0.25) is 0 Å². The zero-order chi connectivity index (χ0) is 15.7. The van der Waals surface area contributed by atoms with Crippen molar-refractivity contribution in [1.82, 2.24) is 5.32 Å². The van der Waals surface area contributed by atoms with Crippen LogP contribution in [-0.4, -0.2) is 25.3 Å². The van der Waals surface area contributed by atoms with E-state index in [9.17, 15) is 4.39 Å². The monoisotopic (exact) mass is 295 g/mol. The van der Waals surface area contributed by atoms with Crippen molar-refractivity contribution in [2.24, 2.45) is 5.92 Å². The molecule has 0 heterocycles. The van der Waals surface area contributed by atoms with E-state index in [0.29, 0.717) is 5.92 Å². The van der Waals surface area contributed by atoms with Gasteiger partial charge in [-0.05, 0) is 70.2 Å². The standard InChI is InChI=1S/C18H30FNO/c1-5-11-21-12-10-16(14-20-18(2,3)4)13-15-6-8-17(19)9-7-15/h6-9,16,20H,5,10-14H2,1-4H3. The molecule has 0 saturated heterocycles. The van der Waals surface area contributed by atoms with Crippen LogP contribution in [-0.2, 0) is 11.2 Å². The molecule has 1 unspecified atom stereocenters. The van der Waals surface area contributed by atoms with Gasteiger partial charge in [-0.3, -0.25) is 0 Å². The van der Waals surface area contributed by atoms with Gasteiger partial charge in [-0.15, -0.1) is 0 Å². The van der Waals surface area contributed by atoms with Crippen molar-refractivity contribution < 1.29 is 9.13 Å². The summed E-state index contributed by atoms with van der Waals surface area (Å²) in [5, 5.41) is 3.56. The first kappa shape index (κ1) is 18.1. The van der Waals surface area contributed by atoms with Gasteiger partial charge in [-0.1, -0.05) is 19.1 Å². The molecular weight excluding hydrogens is 265 g/mol. The molecule has 2 nitrogen and oxygen atoms in total. The predicted molar refractivity (Wildman–Crippen MR) is 87.1 cm³/mol. The van der Waals surface area contributed by atoms with E-state index in [0.717, 1.165) is 39.0 Å². The molecule has 0 fully saturated rings. The van der Waals surface area contributed by atoms with Crippen LogP contribution < -0.4 is 5.32 Å². The Morgan fingerprint density at radius 3 is 2.38 bits per heavy atom. The van der Waals surface area contributed by atoms with Crippen LogP contribution in [0.5, 0.6) is 0 Å². The summed E-state index contributed by atoms with van der Waals surface area (Å²) in [5.74, 6) is 0.334. The number of halogens is 1. The smallest absolute Gasteiger partial charge is 0.123 e. The molecule has 0 spiro atoms. The molecule has 21 heavy (non-hydrogen) atoms. The van der Waals surface area contributed by atoms with Crippen molar-refractivity contribution in [3.05, 3.63) is 35.6 Å². The molecule has 0 amide bonds. The molecular formula is C18H30FNO. The Kier molecular flexibility index (Phi) is 7.91. The fourth-order valence-corrected chi connectivity index (χ4v) is 2.18. The Morgan fingerprint density at radius 1 is 1.14 bits per heavy atom. The highest BCUT2D eigenvalue weighted by molar-refractivity contribution is 5.16. The van der Waals surface area contributed by atoms with Gasteiger partial charge in [0, 0.05) is 18.8 Å². The molecule has 0 saturated carbocycles. The maximum Gasteiger partial charge on any atom is 0.123 e. The average Bonchev–Trinajstić information content (AvgIpc) is 2.42. The normalized spacial score (nSPS) is 13.4. The molecule has 1 N–H and O–H groups in total. The Bertz CT molecular complexity index is 383. The Balaban J connectivity index is 2.51. The molecule has 1 atom stereocenters. The third-order valence-electron chi connectivity index (χ3n) is 3.38. The minimum Gasteiger partial charge on any atom is -0.381 e. The Morgan fingerprint density at radius 2 is 1.81 bits per heavy atom. The highest BCUT2D eigenvalue weighted by Gasteiger charge is 2.15. The van der Waals surface area contributed by atoms with Crippen molar-refractivity contribution in [2.45, 2.75) is 52.5 Å². The summed E-state index contributed by atoms with van der Waals surface area (Å²) in [6.45, 7) is 11.2. The van der Waals surface area contributed by atoms with Crippen LogP contribution in [0.2, 0.25) is 0 Å². The topological polar surface area (TPSA) is 21.3 Å². The van der Waals surface area contributed by atoms with Gasteiger partial charge in [0.25, 0.3) is 0 Å². The van der Waals surface area contributed by atoms with E-state index in [-0.39, 0.29) is 11.4 Å². The number of benzene rings is 1. The third-order valence-corrected chi connectivity index (χ3v) is 3.38. The van der Waals surface area contributed by atoms with Crippen molar-refractivity contribution in [3.63, 3.8) is 0 Å². The lowest BCUT2D eigenvalue weighted by Gasteiger charge is -2.25. The van der Waals surface area contributed by atoms with Crippen LogP contribution in [0.1, 0.15) is 46.1 Å². The fourth-order valence-electron chi connectivity index (χ4n) is 2.18. The molecule has 0 radical (unpaired) electrons. The predicted octanol–water partition coefficient (Wildman–Crippen LogP) is 4.19. The van der Waals surface area contributed by atoms with E-state index in [2.05, 4.69) is 33.0 Å². The SMILES string of the molecule is CCCOCCC(CNC(C)(C)C)Cc1ccc(F)cc1. The van der Waals surface area contributed by atoms with Crippen LogP contribution in [0.3, 0.4) is 0 Å². The highest BCUT2D eigenvalue weighted by atomic mass is 19.1. The molecule has 1 rings (SSSR count). The number of hydrogen-bond acceptors (Lipinski definition) is 2. The van der Waals surface area contributed by atoms with E-state index in [4.69, 9.17) is 4.74 Å². The lowest BCUT2D eigenvalue weighted by Crippen LogP contribution is -2.39. The Labute approximate surface area is 129 Å². The lowest BCUT2D eigenvalue weighted by atomic mass is 9.95. The molecule has 0 aliphatic heterocycles. The molecule has 1 aromatic rings. The van der Waals surface area contributed by atoms with Gasteiger partial charge < -0.3 is 10.1 Å². The molecule has 0 aromatic heterocycles. The maximum absolute atomic E-state index is 13.0. The average molecular weight is 295 g/mol. The zero-order valence-corrected chi connectivity index (χ0v) is 13.9. The van der Waals surface area contributed by atoms with Gasteiger partial charge in [0.15, 0.2) is 0 Å². The minimum atomic E-state index is -0.172. The fraction of sp³-hybridized carbons (Fsp3) is 0.667. The highest BCUT2D eigenvalue weighted by Crippen LogP contribution is 2.14. The van der Waals surface area contributed by atoms with Gasteiger partial charge in [0.05, 0.1) is 0 Å². The van der Waals surface area contributed by atoms with Crippen LogP contribution in [0.25, 0.3) is 0 Å². The van der Waals surface area contributed by atoms with Gasteiger partial charge >= 0.3 is 0 Å². The number of nitrogens with one attached hydrogen (secondary N) is 1. The molecule has 0 aliphatic carbocycles. The van der Waals surface area contributed by atoms with E-state index >= 15 is 0 Å². The molecule has 1 aromatic carbocycles. The van der Waals surface area contributed by atoms with Crippen molar-refractivity contribution in [2.75, 3.05) is 19.8 Å². The molecule has 3 heteroatoms. The molecule has 0 bridgehead atoms. The summed E-state index contributed by atoms with van der Waals surface area (Å²) >= 11 is 0. The maximum atomic E-state index is 13.0. The largest absolute Gasteiger partial charge is 0.381 e. The van der Waals surface area contributed by atoms with Gasteiger partial charge in [-0.2, -0.15) is 0 Å². The summed E-state index contributed by atoms with van der Waals surface area (Å²) in [7, 11) is 0. The van der Waals surface area contributed by atoms with E-state index < -0.39 is 0 Å². The minimum absolute atomic E-state index is 0.116. The first-order chi connectivity index (χ1) is 9.90. The summed E-state index contributed by atoms with van der Waals surface area (Å²) in [5.41, 5.74) is 1.30. The molecule has 0 aliphatic rings. The molecule has 120 valence electrons. The quantitative estimate of drug-likeness (QED) is 0.690.